The van der Waals surface area contributed by atoms with E-state index < -0.39 is 6.04 Å². The molecule has 4 heteroatoms. The first-order valence-corrected chi connectivity index (χ1v) is 6.79. The van der Waals surface area contributed by atoms with Crippen LogP contribution in [0.25, 0.3) is 0 Å². The van der Waals surface area contributed by atoms with Crippen molar-refractivity contribution in [2.45, 2.75) is 45.2 Å². The molecule has 4 nitrogen and oxygen atoms in total. The zero-order valence-corrected chi connectivity index (χ0v) is 12.0. The average molecular weight is 264 g/mol. The van der Waals surface area contributed by atoms with Crippen LogP contribution in [0, 0.1) is 0 Å². The summed E-state index contributed by atoms with van der Waals surface area (Å²) in [5, 5.41) is 9.22. The minimum atomic E-state index is -0.532. The molecule has 0 aliphatic carbocycles. The minimum absolute atomic E-state index is 0.0261. The molecular weight excluding hydrogens is 240 g/mol. The van der Waals surface area contributed by atoms with Crippen molar-refractivity contribution in [3.63, 3.8) is 0 Å². The third kappa shape index (κ3) is 4.24. The summed E-state index contributed by atoms with van der Waals surface area (Å²) in [7, 11) is 1.82. The molecule has 0 fully saturated rings. The first-order valence-electron chi connectivity index (χ1n) is 6.79. The number of nitrogens with two attached hydrogens (primary N) is 1. The van der Waals surface area contributed by atoms with Gasteiger partial charge in [0.25, 0.3) is 0 Å². The van der Waals surface area contributed by atoms with Gasteiger partial charge in [-0.2, -0.15) is 0 Å². The van der Waals surface area contributed by atoms with Crippen molar-refractivity contribution < 1.29 is 9.90 Å². The van der Waals surface area contributed by atoms with Gasteiger partial charge in [-0.1, -0.05) is 26.0 Å². The van der Waals surface area contributed by atoms with Gasteiger partial charge in [0.1, 0.15) is 5.75 Å². The first kappa shape index (κ1) is 15.5. The van der Waals surface area contributed by atoms with Crippen molar-refractivity contribution in [3.8, 4) is 5.75 Å². The van der Waals surface area contributed by atoms with Gasteiger partial charge in [-0.25, -0.2) is 0 Å². The third-order valence-corrected chi connectivity index (χ3v) is 3.55. The molecule has 1 amide bonds. The molecule has 0 aliphatic heterocycles. The van der Waals surface area contributed by atoms with E-state index in [1.54, 1.807) is 29.2 Å². The molecular formula is C15H24N2O2. The van der Waals surface area contributed by atoms with Crippen LogP contribution in [0.15, 0.2) is 24.3 Å². The largest absolute Gasteiger partial charge is 0.508 e. The van der Waals surface area contributed by atoms with Crippen molar-refractivity contribution in [2.75, 3.05) is 7.05 Å². The van der Waals surface area contributed by atoms with Gasteiger partial charge in [-0.05, 0) is 37.0 Å². The number of amides is 1. The molecule has 19 heavy (non-hydrogen) atoms. The lowest BCUT2D eigenvalue weighted by molar-refractivity contribution is -0.133. The maximum absolute atomic E-state index is 12.2. The summed E-state index contributed by atoms with van der Waals surface area (Å²) in [6.45, 7) is 4.15. The number of benzene rings is 1. The van der Waals surface area contributed by atoms with Crippen LogP contribution >= 0.6 is 0 Å². The van der Waals surface area contributed by atoms with Crippen molar-refractivity contribution in [1.82, 2.24) is 4.90 Å². The molecule has 0 aromatic heterocycles. The van der Waals surface area contributed by atoms with E-state index >= 15 is 0 Å². The molecule has 3 N–H and O–H groups in total. The number of phenols is 1. The van der Waals surface area contributed by atoms with Crippen LogP contribution in [-0.2, 0) is 11.2 Å². The van der Waals surface area contributed by atoms with Crippen LogP contribution in [0.5, 0.6) is 5.75 Å². The molecule has 0 saturated carbocycles. The third-order valence-electron chi connectivity index (χ3n) is 3.55. The lowest BCUT2D eigenvalue weighted by Crippen LogP contribution is -2.47. The second kappa shape index (κ2) is 7.14. The molecule has 0 unspecified atom stereocenters. The normalized spacial score (nSPS) is 12.5. The van der Waals surface area contributed by atoms with E-state index in [1.165, 1.54) is 0 Å². The van der Waals surface area contributed by atoms with E-state index in [-0.39, 0.29) is 17.7 Å². The van der Waals surface area contributed by atoms with Gasteiger partial charge < -0.3 is 15.7 Å². The Balaban J connectivity index is 2.64. The van der Waals surface area contributed by atoms with Gasteiger partial charge in [0, 0.05) is 13.1 Å². The Labute approximate surface area is 115 Å². The van der Waals surface area contributed by atoms with Crippen LogP contribution in [0.3, 0.4) is 0 Å². The van der Waals surface area contributed by atoms with E-state index in [1.807, 2.05) is 7.05 Å². The summed E-state index contributed by atoms with van der Waals surface area (Å²) in [6, 6.07) is 6.52. The summed E-state index contributed by atoms with van der Waals surface area (Å²) < 4.78 is 0. The Bertz CT molecular complexity index is 399. The summed E-state index contributed by atoms with van der Waals surface area (Å²) in [6.07, 6.45) is 2.36. The fraction of sp³-hybridized carbons (Fsp3) is 0.533. The molecule has 1 rings (SSSR count). The number of rotatable bonds is 6. The minimum Gasteiger partial charge on any atom is -0.508 e. The predicted octanol–water partition coefficient (Wildman–Crippen LogP) is 1.91. The second-order valence-corrected chi connectivity index (χ2v) is 4.90. The molecule has 106 valence electrons. The molecule has 0 saturated heterocycles. The van der Waals surface area contributed by atoms with E-state index in [0.717, 1.165) is 18.4 Å². The molecule has 0 heterocycles. The molecule has 1 aromatic carbocycles. The number of carbonyl (C=O) groups excluding carboxylic acids is 1. The van der Waals surface area contributed by atoms with Crippen molar-refractivity contribution in [3.05, 3.63) is 29.8 Å². The highest BCUT2D eigenvalue weighted by Gasteiger charge is 2.22. The van der Waals surface area contributed by atoms with Gasteiger partial charge >= 0.3 is 0 Å². The predicted molar refractivity (Wildman–Crippen MR) is 76.9 cm³/mol. The van der Waals surface area contributed by atoms with Crippen LogP contribution in [-0.4, -0.2) is 35.0 Å². The van der Waals surface area contributed by atoms with Crippen molar-refractivity contribution in [2.24, 2.45) is 5.73 Å². The van der Waals surface area contributed by atoms with Gasteiger partial charge in [0.05, 0.1) is 6.04 Å². The lowest BCUT2D eigenvalue weighted by atomic mass is 10.0. The van der Waals surface area contributed by atoms with E-state index in [9.17, 15) is 9.90 Å². The summed E-state index contributed by atoms with van der Waals surface area (Å²) in [5.41, 5.74) is 6.94. The van der Waals surface area contributed by atoms with Gasteiger partial charge in [0.15, 0.2) is 0 Å². The van der Waals surface area contributed by atoms with Gasteiger partial charge in [-0.15, -0.1) is 0 Å². The SMILES string of the molecule is CCC(CC)N(C)C(=O)[C@H](N)Cc1ccc(O)cc1. The number of aromatic hydroxyl groups is 1. The van der Waals surface area contributed by atoms with Crippen LogP contribution in [0.1, 0.15) is 32.3 Å². The summed E-state index contributed by atoms with van der Waals surface area (Å²) in [5.74, 6) is 0.194. The van der Waals surface area contributed by atoms with Gasteiger partial charge in [-0.3, -0.25) is 4.79 Å². The standard InChI is InChI=1S/C15H24N2O2/c1-4-12(5-2)17(3)15(19)14(16)10-11-6-8-13(18)9-7-11/h6-9,12,14,18H,4-5,10,16H2,1-3H3/t14-/m1/s1. The first-order chi connectivity index (χ1) is 8.99. The summed E-state index contributed by atoms with van der Waals surface area (Å²) in [4.78, 5) is 14.0. The molecule has 0 spiro atoms. The molecule has 1 atom stereocenters. The highest BCUT2D eigenvalue weighted by Crippen LogP contribution is 2.13. The fourth-order valence-corrected chi connectivity index (χ4v) is 2.25. The Morgan fingerprint density at radius 3 is 2.26 bits per heavy atom. The van der Waals surface area contributed by atoms with Crippen LogP contribution in [0.4, 0.5) is 0 Å². The number of hydrogen-bond acceptors (Lipinski definition) is 3. The van der Waals surface area contributed by atoms with Gasteiger partial charge in [0.2, 0.25) is 5.91 Å². The molecule has 1 aromatic rings. The fourth-order valence-electron chi connectivity index (χ4n) is 2.25. The Morgan fingerprint density at radius 1 is 1.26 bits per heavy atom. The van der Waals surface area contributed by atoms with E-state index in [0.29, 0.717) is 6.42 Å². The van der Waals surface area contributed by atoms with E-state index in [2.05, 4.69) is 13.8 Å². The van der Waals surface area contributed by atoms with Crippen molar-refractivity contribution in [1.29, 1.82) is 0 Å². The molecule has 0 radical (unpaired) electrons. The Kier molecular flexibility index (Phi) is 5.83. The quantitative estimate of drug-likeness (QED) is 0.824. The highest BCUT2D eigenvalue weighted by molar-refractivity contribution is 5.82. The zero-order valence-electron chi connectivity index (χ0n) is 12.0. The molecule has 0 bridgehead atoms. The molecule has 0 aliphatic rings. The topological polar surface area (TPSA) is 66.6 Å². The maximum atomic E-state index is 12.2. The Morgan fingerprint density at radius 2 is 1.79 bits per heavy atom. The smallest absolute Gasteiger partial charge is 0.239 e. The average Bonchev–Trinajstić information content (AvgIpc) is 2.41. The number of likely N-dealkylation sites (N-methyl/N-ethyl adjacent to an activating group) is 1. The Hall–Kier alpha value is -1.55. The second-order valence-electron chi connectivity index (χ2n) is 4.90. The number of nitrogens with zero attached hydrogens (tertiary/aromatic N) is 1. The maximum Gasteiger partial charge on any atom is 0.239 e. The van der Waals surface area contributed by atoms with Crippen LogP contribution in [0.2, 0.25) is 0 Å². The number of carbonyl (C=O) groups is 1. The van der Waals surface area contributed by atoms with Crippen LogP contribution < -0.4 is 5.73 Å². The lowest BCUT2D eigenvalue weighted by Gasteiger charge is -2.28. The summed E-state index contributed by atoms with van der Waals surface area (Å²) >= 11 is 0. The van der Waals surface area contributed by atoms with Crippen molar-refractivity contribution >= 4 is 5.91 Å². The number of hydrogen-bond donors (Lipinski definition) is 2. The highest BCUT2D eigenvalue weighted by atomic mass is 16.3. The monoisotopic (exact) mass is 264 g/mol. The number of phenolic OH excluding ortho intramolecular Hbond substituents is 1. The zero-order chi connectivity index (χ0) is 14.4. The van der Waals surface area contributed by atoms with E-state index in [4.69, 9.17) is 5.73 Å².